The van der Waals surface area contributed by atoms with Crippen molar-refractivity contribution >= 4 is 17.6 Å². The Balaban J connectivity index is 2.56. The smallest absolute Gasteiger partial charge is 0.353 e. The van der Waals surface area contributed by atoms with E-state index < -0.39 is 12.1 Å². The van der Waals surface area contributed by atoms with Gasteiger partial charge in [-0.05, 0) is 6.42 Å². The van der Waals surface area contributed by atoms with Crippen molar-refractivity contribution in [1.29, 1.82) is 0 Å². The van der Waals surface area contributed by atoms with Crippen molar-refractivity contribution in [2.75, 3.05) is 19.7 Å². The van der Waals surface area contributed by atoms with Crippen LogP contribution in [0.4, 0.5) is 0 Å². The highest BCUT2D eigenvalue weighted by molar-refractivity contribution is 6.36. The highest BCUT2D eigenvalue weighted by atomic mass is 16.6. The molecule has 1 rings (SSSR count). The minimum atomic E-state index is -1.18. The number of carboxylic acids is 1. The summed E-state index contributed by atoms with van der Waals surface area (Å²) in [7, 11) is 0. The third kappa shape index (κ3) is 3.42. The Labute approximate surface area is 98.7 Å². The summed E-state index contributed by atoms with van der Waals surface area (Å²) in [6.45, 7) is 2.49. The molecule has 0 aliphatic carbocycles. The molecule has 1 aliphatic rings. The fourth-order valence-electron chi connectivity index (χ4n) is 1.56. The number of nitrogens with zero attached hydrogens (tertiary/aromatic N) is 2. The molecule has 1 amide bonds. The molecule has 96 valence electrons. The van der Waals surface area contributed by atoms with Crippen LogP contribution < -0.4 is 0 Å². The van der Waals surface area contributed by atoms with Crippen LogP contribution in [-0.4, -0.2) is 58.5 Å². The summed E-state index contributed by atoms with van der Waals surface area (Å²) in [5, 5.41) is 20.9. The van der Waals surface area contributed by atoms with E-state index in [1.165, 1.54) is 4.90 Å². The van der Waals surface area contributed by atoms with E-state index >= 15 is 0 Å². The lowest BCUT2D eigenvalue weighted by atomic mass is 10.1. The van der Waals surface area contributed by atoms with Gasteiger partial charge in [0.15, 0.2) is 5.71 Å². The number of amides is 1. The van der Waals surface area contributed by atoms with Crippen LogP contribution in [0.5, 0.6) is 0 Å². The van der Waals surface area contributed by atoms with E-state index in [1.54, 1.807) is 0 Å². The average molecular weight is 244 g/mol. The van der Waals surface area contributed by atoms with Crippen molar-refractivity contribution in [3.8, 4) is 0 Å². The van der Waals surface area contributed by atoms with Gasteiger partial charge in [-0.25, -0.2) is 4.79 Å². The molecule has 0 fully saturated rings. The van der Waals surface area contributed by atoms with E-state index in [4.69, 9.17) is 15.1 Å². The summed E-state index contributed by atoms with van der Waals surface area (Å²) >= 11 is 0. The molecule has 0 saturated heterocycles. The molecule has 0 spiro atoms. The van der Waals surface area contributed by atoms with Gasteiger partial charge < -0.3 is 20.0 Å². The van der Waals surface area contributed by atoms with Gasteiger partial charge in [0.25, 0.3) is 5.91 Å². The first-order chi connectivity index (χ1) is 8.10. The molecular weight excluding hydrogens is 228 g/mol. The number of aliphatic hydroxyl groups is 1. The Morgan fingerprint density at radius 1 is 1.53 bits per heavy atom. The van der Waals surface area contributed by atoms with Crippen LogP contribution in [0.3, 0.4) is 0 Å². The number of carbonyl (C=O) groups is 2. The van der Waals surface area contributed by atoms with Gasteiger partial charge in [0.1, 0.15) is 0 Å². The molecule has 0 saturated carbocycles. The molecule has 2 N–H and O–H groups in total. The number of rotatable bonds is 6. The zero-order valence-electron chi connectivity index (χ0n) is 9.63. The number of oxime groups is 1. The molecule has 1 unspecified atom stereocenters. The highest BCUT2D eigenvalue weighted by Crippen LogP contribution is 2.13. The standard InChI is InChI=1S/C10H16N2O5/c1-2-3-12(4-5-13)9(14)8-6-7(10(15)16)11-17-8/h8,13H,2-6H2,1H3,(H,15,16). The molecule has 7 heteroatoms. The van der Waals surface area contributed by atoms with E-state index in [-0.39, 0.29) is 31.2 Å². The van der Waals surface area contributed by atoms with Gasteiger partial charge in [0.05, 0.1) is 6.61 Å². The molecule has 0 aromatic rings. The number of hydrogen-bond donors (Lipinski definition) is 2. The zero-order chi connectivity index (χ0) is 12.8. The van der Waals surface area contributed by atoms with Gasteiger partial charge >= 0.3 is 5.97 Å². The van der Waals surface area contributed by atoms with E-state index in [9.17, 15) is 9.59 Å². The lowest BCUT2D eigenvalue weighted by Crippen LogP contribution is -2.41. The van der Waals surface area contributed by atoms with Gasteiger partial charge in [-0.1, -0.05) is 12.1 Å². The maximum absolute atomic E-state index is 11.9. The Kier molecular flexibility index (Phi) is 4.89. The third-order valence-electron chi connectivity index (χ3n) is 2.37. The van der Waals surface area contributed by atoms with E-state index in [1.807, 2.05) is 6.92 Å². The van der Waals surface area contributed by atoms with E-state index in [0.29, 0.717) is 6.54 Å². The maximum Gasteiger partial charge on any atom is 0.353 e. The Morgan fingerprint density at radius 2 is 2.24 bits per heavy atom. The van der Waals surface area contributed by atoms with Crippen LogP contribution in [0.15, 0.2) is 5.16 Å². The van der Waals surface area contributed by atoms with Crippen LogP contribution >= 0.6 is 0 Å². The van der Waals surface area contributed by atoms with Gasteiger partial charge in [0, 0.05) is 19.5 Å². The molecule has 1 heterocycles. The predicted octanol–water partition coefficient (Wildman–Crippen LogP) is -0.553. The lowest BCUT2D eigenvalue weighted by Gasteiger charge is -2.23. The molecule has 17 heavy (non-hydrogen) atoms. The summed E-state index contributed by atoms with van der Waals surface area (Å²) in [5.41, 5.74) is -0.149. The molecule has 0 bridgehead atoms. The molecule has 1 atom stereocenters. The normalized spacial score (nSPS) is 18.5. The Hall–Kier alpha value is -1.63. The molecule has 0 radical (unpaired) electrons. The van der Waals surface area contributed by atoms with Crippen molar-refractivity contribution in [3.05, 3.63) is 0 Å². The Morgan fingerprint density at radius 3 is 2.71 bits per heavy atom. The van der Waals surface area contributed by atoms with E-state index in [0.717, 1.165) is 6.42 Å². The molecule has 7 nitrogen and oxygen atoms in total. The number of carbonyl (C=O) groups excluding carboxylic acids is 1. The number of carboxylic acid groups (broad SMARTS) is 1. The number of aliphatic carboxylic acids is 1. The van der Waals surface area contributed by atoms with Crippen LogP contribution in [0.25, 0.3) is 0 Å². The largest absolute Gasteiger partial charge is 0.477 e. The van der Waals surface area contributed by atoms with Gasteiger partial charge in [-0.3, -0.25) is 4.79 Å². The summed E-state index contributed by atoms with van der Waals surface area (Å²) < 4.78 is 0. The first kappa shape index (κ1) is 13.4. The average Bonchev–Trinajstić information content (AvgIpc) is 2.77. The minimum Gasteiger partial charge on any atom is -0.477 e. The topological polar surface area (TPSA) is 99.4 Å². The first-order valence-electron chi connectivity index (χ1n) is 5.45. The lowest BCUT2D eigenvalue weighted by molar-refractivity contribution is -0.142. The van der Waals surface area contributed by atoms with Gasteiger partial charge in [-0.15, -0.1) is 0 Å². The zero-order valence-corrected chi connectivity index (χ0v) is 9.63. The van der Waals surface area contributed by atoms with Crippen LogP contribution in [0, 0.1) is 0 Å². The predicted molar refractivity (Wildman–Crippen MR) is 58.5 cm³/mol. The molecule has 0 aromatic carbocycles. The van der Waals surface area contributed by atoms with Crippen molar-refractivity contribution < 1.29 is 24.6 Å². The van der Waals surface area contributed by atoms with Crippen molar-refractivity contribution in [3.63, 3.8) is 0 Å². The van der Waals surface area contributed by atoms with Crippen molar-refractivity contribution in [1.82, 2.24) is 4.90 Å². The first-order valence-corrected chi connectivity index (χ1v) is 5.45. The number of hydrogen-bond acceptors (Lipinski definition) is 5. The SMILES string of the molecule is CCCN(CCO)C(=O)C1CC(C(=O)O)=NO1. The third-order valence-corrected chi connectivity index (χ3v) is 2.37. The maximum atomic E-state index is 11.9. The van der Waals surface area contributed by atoms with E-state index in [2.05, 4.69) is 5.16 Å². The van der Waals surface area contributed by atoms with Crippen LogP contribution in [0.2, 0.25) is 0 Å². The molecule has 0 aromatic heterocycles. The van der Waals surface area contributed by atoms with Crippen LogP contribution in [0.1, 0.15) is 19.8 Å². The second-order valence-electron chi connectivity index (χ2n) is 3.69. The van der Waals surface area contributed by atoms with Crippen molar-refractivity contribution in [2.24, 2.45) is 5.16 Å². The quantitative estimate of drug-likeness (QED) is 0.653. The van der Waals surface area contributed by atoms with Gasteiger partial charge in [0.2, 0.25) is 6.10 Å². The Bertz CT molecular complexity index is 323. The molecular formula is C10H16N2O5. The number of aliphatic hydroxyl groups excluding tert-OH is 1. The van der Waals surface area contributed by atoms with Crippen molar-refractivity contribution in [2.45, 2.75) is 25.9 Å². The summed E-state index contributed by atoms with van der Waals surface area (Å²) in [6, 6.07) is 0. The molecule has 1 aliphatic heterocycles. The second-order valence-corrected chi connectivity index (χ2v) is 3.69. The second kappa shape index (κ2) is 6.19. The highest BCUT2D eigenvalue weighted by Gasteiger charge is 2.33. The summed E-state index contributed by atoms with van der Waals surface area (Å²) in [6.07, 6.45) is -0.149. The van der Waals surface area contributed by atoms with Crippen LogP contribution in [-0.2, 0) is 14.4 Å². The summed E-state index contributed by atoms with van der Waals surface area (Å²) in [5.74, 6) is -1.51. The summed E-state index contributed by atoms with van der Waals surface area (Å²) in [4.78, 5) is 28.8. The fourth-order valence-corrected chi connectivity index (χ4v) is 1.56. The fraction of sp³-hybridized carbons (Fsp3) is 0.700. The monoisotopic (exact) mass is 244 g/mol. The van der Waals surface area contributed by atoms with Gasteiger partial charge in [-0.2, -0.15) is 0 Å². The minimum absolute atomic E-state index is 0.0280.